The van der Waals surface area contributed by atoms with Crippen molar-refractivity contribution in [3.05, 3.63) is 56.7 Å². The van der Waals surface area contributed by atoms with Crippen molar-refractivity contribution in [2.45, 2.75) is 26.1 Å². The van der Waals surface area contributed by atoms with E-state index in [1.807, 2.05) is 24.5 Å². The highest BCUT2D eigenvalue weighted by Gasteiger charge is 2.25. The minimum absolute atomic E-state index is 0.285. The normalized spacial score (nSPS) is 17.6. The third kappa shape index (κ3) is 2.86. The Morgan fingerprint density at radius 2 is 2.12 bits per heavy atom. The number of halogens is 1. The van der Waals surface area contributed by atoms with Crippen LogP contribution < -0.4 is 0 Å². The van der Waals surface area contributed by atoms with Crippen LogP contribution in [0.5, 0.6) is 0 Å². The van der Waals surface area contributed by atoms with Crippen LogP contribution in [-0.2, 0) is 20.1 Å². The van der Waals surface area contributed by atoms with Crippen molar-refractivity contribution in [2.75, 3.05) is 6.54 Å². The van der Waals surface area contributed by atoms with Crippen LogP contribution in [-0.4, -0.2) is 25.8 Å². The fourth-order valence-electron chi connectivity index (χ4n) is 3.38. The molecule has 7 heteroatoms. The Balaban J connectivity index is 1.66. The van der Waals surface area contributed by atoms with E-state index in [0.29, 0.717) is 28.9 Å². The number of rotatable bonds is 3. The lowest BCUT2D eigenvalue weighted by molar-refractivity contribution is 0.144. The third-order valence-electron chi connectivity index (χ3n) is 4.88. The van der Waals surface area contributed by atoms with Crippen LogP contribution in [0.2, 0.25) is 0 Å². The van der Waals surface area contributed by atoms with Crippen LogP contribution in [0.25, 0.3) is 11.4 Å². The second-order valence-corrected chi connectivity index (χ2v) is 7.69. The van der Waals surface area contributed by atoms with Gasteiger partial charge in [-0.15, -0.1) is 11.3 Å². The van der Waals surface area contributed by atoms with Crippen LogP contribution in [0.4, 0.5) is 4.39 Å². The third-order valence-corrected chi connectivity index (χ3v) is 6.36. The molecule has 3 aromatic rings. The zero-order chi connectivity index (χ0) is 17.6. The summed E-state index contributed by atoms with van der Waals surface area (Å²) in [6.45, 7) is 3.80. The summed E-state index contributed by atoms with van der Waals surface area (Å²) in [4.78, 5) is 3.84. The van der Waals surface area contributed by atoms with E-state index in [2.05, 4.69) is 28.4 Å². The lowest BCUT2D eigenvalue weighted by Crippen LogP contribution is -2.35. The second kappa shape index (κ2) is 6.48. The number of fused-ring (bicyclic) bond motifs is 1. The summed E-state index contributed by atoms with van der Waals surface area (Å²) < 4.78 is 18.3. The molecule has 1 aromatic carbocycles. The van der Waals surface area contributed by atoms with Crippen molar-refractivity contribution < 1.29 is 4.39 Å². The SMILES string of the molecule is C[C@H]1c2ccsc2CCN1Cn1nc(-c2ccccc2F)n(C)c1=S. The first-order valence-electron chi connectivity index (χ1n) is 8.25. The van der Waals surface area contributed by atoms with E-state index in [4.69, 9.17) is 12.2 Å². The molecule has 0 unspecified atom stereocenters. The molecule has 1 aliphatic heterocycles. The predicted octanol–water partition coefficient (Wildman–Crippen LogP) is 4.40. The highest BCUT2D eigenvalue weighted by molar-refractivity contribution is 7.71. The number of hydrogen-bond acceptors (Lipinski definition) is 4. The summed E-state index contributed by atoms with van der Waals surface area (Å²) in [7, 11) is 1.84. The second-order valence-electron chi connectivity index (χ2n) is 6.32. The van der Waals surface area contributed by atoms with E-state index in [0.717, 1.165) is 13.0 Å². The average Bonchev–Trinajstić information content (AvgIpc) is 3.19. The number of hydrogen-bond donors (Lipinski definition) is 0. The summed E-state index contributed by atoms with van der Waals surface area (Å²) in [6.07, 6.45) is 1.05. The maximum Gasteiger partial charge on any atom is 0.199 e. The molecule has 0 saturated carbocycles. The van der Waals surface area contributed by atoms with Gasteiger partial charge in [0.25, 0.3) is 0 Å². The fraction of sp³-hybridized carbons (Fsp3) is 0.333. The molecule has 0 saturated heterocycles. The molecule has 4 rings (SSSR count). The predicted molar refractivity (Wildman–Crippen MR) is 101 cm³/mol. The van der Waals surface area contributed by atoms with E-state index < -0.39 is 0 Å². The van der Waals surface area contributed by atoms with Crippen molar-refractivity contribution in [3.8, 4) is 11.4 Å². The lowest BCUT2D eigenvalue weighted by Gasteiger charge is -2.33. The molecule has 1 atom stereocenters. The number of nitrogens with zero attached hydrogens (tertiary/aromatic N) is 4. The van der Waals surface area contributed by atoms with Crippen LogP contribution in [0.3, 0.4) is 0 Å². The molecular weight excluding hydrogens is 355 g/mol. The maximum absolute atomic E-state index is 14.1. The van der Waals surface area contributed by atoms with Gasteiger partial charge >= 0.3 is 0 Å². The average molecular weight is 375 g/mol. The van der Waals surface area contributed by atoms with Gasteiger partial charge in [0.1, 0.15) is 5.82 Å². The zero-order valence-electron chi connectivity index (χ0n) is 14.1. The van der Waals surface area contributed by atoms with Gasteiger partial charge in [0, 0.05) is 24.5 Å². The summed E-state index contributed by atoms with van der Waals surface area (Å²) in [5.41, 5.74) is 1.87. The molecule has 130 valence electrons. The van der Waals surface area contributed by atoms with Gasteiger partial charge in [-0.3, -0.25) is 4.90 Å². The van der Waals surface area contributed by atoms with Crippen LogP contribution in [0, 0.1) is 10.6 Å². The molecule has 3 heterocycles. The Morgan fingerprint density at radius 1 is 1.32 bits per heavy atom. The Morgan fingerprint density at radius 3 is 2.92 bits per heavy atom. The Kier molecular flexibility index (Phi) is 4.31. The molecule has 0 fully saturated rings. The van der Waals surface area contributed by atoms with Gasteiger partial charge in [0.05, 0.1) is 12.2 Å². The van der Waals surface area contributed by atoms with Gasteiger partial charge in [-0.25, -0.2) is 9.07 Å². The molecule has 0 radical (unpaired) electrons. The molecule has 0 amide bonds. The first-order chi connectivity index (χ1) is 12.1. The minimum atomic E-state index is -0.285. The Labute approximate surface area is 155 Å². The van der Waals surface area contributed by atoms with Crippen molar-refractivity contribution in [1.29, 1.82) is 0 Å². The van der Waals surface area contributed by atoms with E-state index in [1.54, 1.807) is 21.4 Å². The van der Waals surface area contributed by atoms with E-state index in [-0.39, 0.29) is 5.82 Å². The largest absolute Gasteiger partial charge is 0.303 e. The van der Waals surface area contributed by atoms with Gasteiger partial charge < -0.3 is 4.57 Å². The van der Waals surface area contributed by atoms with Crippen LogP contribution in [0.15, 0.2) is 35.7 Å². The van der Waals surface area contributed by atoms with Crippen molar-refractivity contribution in [3.63, 3.8) is 0 Å². The fourth-order valence-corrected chi connectivity index (χ4v) is 4.53. The van der Waals surface area contributed by atoms with Crippen molar-refractivity contribution in [1.82, 2.24) is 19.2 Å². The minimum Gasteiger partial charge on any atom is -0.303 e. The summed E-state index contributed by atoms with van der Waals surface area (Å²) in [6, 6.07) is 9.21. The molecule has 0 bridgehead atoms. The maximum atomic E-state index is 14.1. The van der Waals surface area contributed by atoms with Crippen LogP contribution >= 0.6 is 23.6 Å². The quantitative estimate of drug-likeness (QED) is 0.636. The summed E-state index contributed by atoms with van der Waals surface area (Å²) in [5, 5.41) is 6.77. The van der Waals surface area contributed by atoms with Gasteiger partial charge in [0.15, 0.2) is 10.6 Å². The van der Waals surface area contributed by atoms with Crippen molar-refractivity contribution >= 4 is 23.6 Å². The topological polar surface area (TPSA) is 26.0 Å². The number of thiophene rings is 1. The zero-order valence-corrected chi connectivity index (χ0v) is 15.8. The Hall–Kier alpha value is -1.83. The monoisotopic (exact) mass is 374 g/mol. The first kappa shape index (κ1) is 16.6. The number of benzene rings is 1. The molecule has 25 heavy (non-hydrogen) atoms. The first-order valence-corrected chi connectivity index (χ1v) is 9.54. The molecule has 0 aliphatic carbocycles. The van der Waals surface area contributed by atoms with E-state index in [9.17, 15) is 4.39 Å². The molecule has 2 aromatic heterocycles. The molecule has 4 nitrogen and oxygen atoms in total. The standard InChI is InChI=1S/C18H19FN4S2/c1-12-13-8-10-25-16(13)7-9-22(12)11-23-18(24)21(2)17(20-23)14-5-3-4-6-15(14)19/h3-6,8,10,12H,7,9,11H2,1-2H3/t12-/m0/s1. The van der Waals surface area contributed by atoms with E-state index >= 15 is 0 Å². The molecule has 0 spiro atoms. The highest BCUT2D eigenvalue weighted by Crippen LogP contribution is 2.33. The molecule has 1 aliphatic rings. The van der Waals surface area contributed by atoms with Crippen molar-refractivity contribution in [2.24, 2.45) is 7.05 Å². The van der Waals surface area contributed by atoms with Crippen LogP contribution in [0.1, 0.15) is 23.4 Å². The smallest absolute Gasteiger partial charge is 0.199 e. The van der Waals surface area contributed by atoms with Gasteiger partial charge in [-0.05, 0) is 54.7 Å². The molecular formula is C18H19FN4S2. The van der Waals surface area contributed by atoms with E-state index in [1.165, 1.54) is 16.5 Å². The highest BCUT2D eigenvalue weighted by atomic mass is 32.1. The van der Waals surface area contributed by atoms with Gasteiger partial charge in [-0.2, -0.15) is 5.10 Å². The lowest BCUT2D eigenvalue weighted by atomic mass is 10.0. The summed E-state index contributed by atoms with van der Waals surface area (Å²) >= 11 is 7.37. The summed E-state index contributed by atoms with van der Waals surface area (Å²) in [5.74, 6) is 0.274. The number of aromatic nitrogens is 3. The van der Waals surface area contributed by atoms with Gasteiger partial charge in [-0.1, -0.05) is 12.1 Å². The van der Waals surface area contributed by atoms with Gasteiger partial charge in [0.2, 0.25) is 0 Å². The molecule has 0 N–H and O–H groups in total. The Bertz CT molecular complexity index is 972.